The Balaban J connectivity index is 2.60. The molecule has 0 bridgehead atoms. The van der Waals surface area contributed by atoms with E-state index in [0.29, 0.717) is 16.9 Å². The zero-order valence-corrected chi connectivity index (χ0v) is 8.84. The van der Waals surface area contributed by atoms with Gasteiger partial charge in [0.1, 0.15) is 18.6 Å². The molecule has 0 aliphatic carbocycles. The van der Waals surface area contributed by atoms with E-state index in [1.807, 2.05) is 0 Å². The van der Waals surface area contributed by atoms with Crippen LogP contribution in [0.25, 0.3) is 0 Å². The quantitative estimate of drug-likeness (QED) is 0.608. The van der Waals surface area contributed by atoms with Gasteiger partial charge in [-0.3, -0.25) is 4.79 Å². The largest absolute Gasteiger partial charge is 0.489 e. The van der Waals surface area contributed by atoms with Crippen molar-refractivity contribution in [1.82, 2.24) is 0 Å². The first-order valence-electron chi connectivity index (χ1n) is 4.70. The van der Waals surface area contributed by atoms with Crippen LogP contribution >= 0.6 is 0 Å². The van der Waals surface area contributed by atoms with E-state index in [0.717, 1.165) is 12.4 Å². The molecule has 0 unspecified atom stereocenters. The first kappa shape index (κ1) is 12.0. The minimum absolute atomic E-state index is 0.189. The third-order valence-corrected chi connectivity index (χ3v) is 1.83. The summed E-state index contributed by atoms with van der Waals surface area (Å²) in [4.78, 5) is 20.8. The Kier molecular flexibility index (Phi) is 4.27. The zero-order valence-electron chi connectivity index (χ0n) is 8.84. The Bertz CT molecular complexity index is 421. The standard InChI is InChI=1S/C12H12O4/c1-9(5-12(14)15)8-16-11-4-2-3-10(6-11)7-13/h2-7H,8H2,1H3,(H,14,15). The predicted octanol–water partition coefficient (Wildman–Crippen LogP) is 1.91. The Morgan fingerprint density at radius 2 is 2.25 bits per heavy atom. The van der Waals surface area contributed by atoms with Gasteiger partial charge in [-0.05, 0) is 24.6 Å². The van der Waals surface area contributed by atoms with Gasteiger partial charge in [-0.2, -0.15) is 0 Å². The highest BCUT2D eigenvalue weighted by Crippen LogP contribution is 2.12. The zero-order chi connectivity index (χ0) is 12.0. The van der Waals surface area contributed by atoms with Crippen LogP contribution in [-0.4, -0.2) is 24.0 Å². The predicted molar refractivity (Wildman–Crippen MR) is 58.7 cm³/mol. The molecule has 1 N–H and O–H groups in total. The van der Waals surface area contributed by atoms with E-state index in [1.54, 1.807) is 31.2 Å². The molecule has 0 amide bonds. The first-order chi connectivity index (χ1) is 7.61. The molecule has 0 saturated carbocycles. The molecule has 0 radical (unpaired) electrons. The van der Waals surface area contributed by atoms with Gasteiger partial charge in [-0.1, -0.05) is 12.1 Å². The molecule has 0 aliphatic heterocycles. The lowest BCUT2D eigenvalue weighted by atomic mass is 10.2. The van der Waals surface area contributed by atoms with Crippen molar-refractivity contribution in [1.29, 1.82) is 0 Å². The summed E-state index contributed by atoms with van der Waals surface area (Å²) in [5.41, 5.74) is 1.13. The number of hydrogen-bond acceptors (Lipinski definition) is 3. The maximum atomic E-state index is 10.5. The van der Waals surface area contributed by atoms with Gasteiger partial charge in [0.15, 0.2) is 0 Å². The summed E-state index contributed by atoms with van der Waals surface area (Å²) in [6, 6.07) is 6.68. The topological polar surface area (TPSA) is 63.6 Å². The van der Waals surface area contributed by atoms with Crippen molar-refractivity contribution in [2.24, 2.45) is 0 Å². The fourth-order valence-electron chi connectivity index (χ4n) is 1.13. The second-order valence-electron chi connectivity index (χ2n) is 3.31. The minimum atomic E-state index is -0.997. The first-order valence-corrected chi connectivity index (χ1v) is 4.70. The molecule has 1 aromatic carbocycles. The van der Waals surface area contributed by atoms with E-state index in [4.69, 9.17) is 9.84 Å². The molecule has 1 rings (SSSR count). The number of carboxylic acid groups (broad SMARTS) is 1. The highest BCUT2D eigenvalue weighted by molar-refractivity contribution is 5.80. The van der Waals surface area contributed by atoms with Gasteiger partial charge in [-0.15, -0.1) is 0 Å². The van der Waals surface area contributed by atoms with Gasteiger partial charge in [-0.25, -0.2) is 4.79 Å². The number of carbonyl (C=O) groups is 2. The number of carbonyl (C=O) groups excluding carboxylic acids is 1. The Morgan fingerprint density at radius 1 is 1.50 bits per heavy atom. The SMILES string of the molecule is CC(=CC(=O)O)COc1cccc(C=O)c1. The Morgan fingerprint density at radius 3 is 2.88 bits per heavy atom. The summed E-state index contributed by atoms with van der Waals surface area (Å²) in [6.07, 6.45) is 1.82. The second-order valence-corrected chi connectivity index (χ2v) is 3.31. The molecule has 4 heteroatoms. The average Bonchev–Trinajstić information content (AvgIpc) is 2.26. The highest BCUT2D eigenvalue weighted by Gasteiger charge is 1.98. The molecule has 0 aromatic heterocycles. The summed E-state index contributed by atoms with van der Waals surface area (Å²) < 4.78 is 5.32. The fourth-order valence-corrected chi connectivity index (χ4v) is 1.13. The van der Waals surface area contributed by atoms with Crippen molar-refractivity contribution in [3.63, 3.8) is 0 Å². The monoisotopic (exact) mass is 220 g/mol. The van der Waals surface area contributed by atoms with Gasteiger partial charge in [0.2, 0.25) is 0 Å². The van der Waals surface area contributed by atoms with Crippen LogP contribution in [0.2, 0.25) is 0 Å². The smallest absolute Gasteiger partial charge is 0.328 e. The van der Waals surface area contributed by atoms with E-state index in [-0.39, 0.29) is 6.61 Å². The lowest BCUT2D eigenvalue weighted by Gasteiger charge is -2.06. The van der Waals surface area contributed by atoms with Crippen LogP contribution in [0.15, 0.2) is 35.9 Å². The number of aliphatic carboxylic acids is 1. The van der Waals surface area contributed by atoms with Crippen molar-refractivity contribution in [3.8, 4) is 5.75 Å². The van der Waals surface area contributed by atoms with Crippen LogP contribution < -0.4 is 4.74 Å². The lowest BCUT2D eigenvalue weighted by Crippen LogP contribution is -2.01. The van der Waals surface area contributed by atoms with E-state index in [1.165, 1.54) is 0 Å². The van der Waals surface area contributed by atoms with Crippen LogP contribution in [0.4, 0.5) is 0 Å². The van der Waals surface area contributed by atoms with Gasteiger partial charge in [0.25, 0.3) is 0 Å². The number of carboxylic acids is 1. The van der Waals surface area contributed by atoms with Crippen LogP contribution in [0.1, 0.15) is 17.3 Å². The fraction of sp³-hybridized carbons (Fsp3) is 0.167. The van der Waals surface area contributed by atoms with Crippen molar-refractivity contribution in [2.75, 3.05) is 6.61 Å². The average molecular weight is 220 g/mol. The molecular formula is C12H12O4. The molecule has 0 saturated heterocycles. The van der Waals surface area contributed by atoms with Crippen molar-refractivity contribution < 1.29 is 19.4 Å². The summed E-state index contributed by atoms with van der Waals surface area (Å²) in [5.74, 6) is -0.453. The minimum Gasteiger partial charge on any atom is -0.489 e. The normalized spacial score (nSPS) is 10.9. The number of benzene rings is 1. The third kappa shape index (κ3) is 3.96. The van der Waals surface area contributed by atoms with Crippen molar-refractivity contribution >= 4 is 12.3 Å². The van der Waals surface area contributed by atoms with Crippen LogP contribution in [0.3, 0.4) is 0 Å². The van der Waals surface area contributed by atoms with E-state index >= 15 is 0 Å². The second kappa shape index (κ2) is 5.70. The van der Waals surface area contributed by atoms with Gasteiger partial charge >= 0.3 is 5.97 Å². The molecule has 0 aliphatic rings. The summed E-state index contributed by atoms with van der Waals surface area (Å²) >= 11 is 0. The van der Waals surface area contributed by atoms with E-state index in [9.17, 15) is 9.59 Å². The number of hydrogen-bond donors (Lipinski definition) is 1. The lowest BCUT2D eigenvalue weighted by molar-refractivity contribution is -0.131. The number of aldehydes is 1. The van der Waals surface area contributed by atoms with E-state index in [2.05, 4.69) is 0 Å². The van der Waals surface area contributed by atoms with Gasteiger partial charge in [0, 0.05) is 11.6 Å². The molecule has 1 aromatic rings. The molecule has 0 spiro atoms. The summed E-state index contributed by atoms with van der Waals surface area (Å²) in [5, 5.41) is 8.48. The Hall–Kier alpha value is -2.10. The molecule has 4 nitrogen and oxygen atoms in total. The van der Waals surface area contributed by atoms with Crippen LogP contribution in [0.5, 0.6) is 5.75 Å². The third-order valence-electron chi connectivity index (χ3n) is 1.83. The molecule has 16 heavy (non-hydrogen) atoms. The maximum Gasteiger partial charge on any atom is 0.328 e. The summed E-state index contributed by atoms with van der Waals surface area (Å²) in [7, 11) is 0. The van der Waals surface area contributed by atoms with Crippen LogP contribution in [-0.2, 0) is 4.79 Å². The van der Waals surface area contributed by atoms with Gasteiger partial charge < -0.3 is 9.84 Å². The number of ether oxygens (including phenoxy) is 1. The summed E-state index contributed by atoms with van der Waals surface area (Å²) in [6.45, 7) is 1.85. The van der Waals surface area contributed by atoms with Crippen molar-refractivity contribution in [3.05, 3.63) is 41.5 Å². The highest BCUT2D eigenvalue weighted by atomic mass is 16.5. The van der Waals surface area contributed by atoms with E-state index < -0.39 is 5.97 Å². The molecule has 0 atom stereocenters. The Labute approximate surface area is 93.2 Å². The molecule has 0 heterocycles. The van der Waals surface area contributed by atoms with Gasteiger partial charge in [0.05, 0.1) is 0 Å². The number of rotatable bonds is 5. The maximum absolute atomic E-state index is 10.5. The molecule has 84 valence electrons. The van der Waals surface area contributed by atoms with Crippen molar-refractivity contribution in [2.45, 2.75) is 6.92 Å². The molecular weight excluding hydrogens is 208 g/mol. The molecule has 0 fully saturated rings. The van der Waals surface area contributed by atoms with Crippen LogP contribution in [0, 0.1) is 0 Å².